The lowest BCUT2D eigenvalue weighted by Crippen LogP contribution is -2.55. The molecule has 5 nitrogen and oxygen atoms in total. The lowest BCUT2D eigenvalue weighted by molar-refractivity contribution is -0.129. The average molecular weight is 260 g/mol. The summed E-state index contributed by atoms with van der Waals surface area (Å²) >= 11 is 0. The van der Waals surface area contributed by atoms with E-state index < -0.39 is 9.36 Å². The van der Waals surface area contributed by atoms with Crippen molar-refractivity contribution in [2.45, 2.75) is 40.0 Å². The molecule has 0 aliphatic carbocycles. The highest BCUT2D eigenvalue weighted by Gasteiger charge is 2.29. The lowest BCUT2D eigenvalue weighted by atomic mass is 10.5. The van der Waals surface area contributed by atoms with Gasteiger partial charge in [-0.3, -0.25) is 9.59 Å². The highest BCUT2D eigenvalue weighted by atomic mass is 28.3. The molecular formula is C11H24N2O3Si. The van der Waals surface area contributed by atoms with Gasteiger partial charge >= 0.3 is 9.36 Å². The molecule has 0 unspecified atom stereocenters. The van der Waals surface area contributed by atoms with Crippen molar-refractivity contribution in [2.75, 3.05) is 20.7 Å². The van der Waals surface area contributed by atoms with Crippen LogP contribution in [0.1, 0.15) is 40.0 Å². The predicted octanol–water partition coefficient (Wildman–Crippen LogP) is 0.867. The number of carbonyl (C=O) groups excluding carboxylic acids is 2. The molecule has 0 saturated carbocycles. The van der Waals surface area contributed by atoms with Crippen LogP contribution in [-0.4, -0.2) is 51.0 Å². The van der Waals surface area contributed by atoms with Crippen molar-refractivity contribution in [1.82, 2.24) is 9.13 Å². The van der Waals surface area contributed by atoms with Crippen LogP contribution >= 0.6 is 0 Å². The molecular weight excluding hydrogens is 236 g/mol. The van der Waals surface area contributed by atoms with Gasteiger partial charge in [0, 0.05) is 33.5 Å². The van der Waals surface area contributed by atoms with Gasteiger partial charge < -0.3 is 13.6 Å². The minimum absolute atomic E-state index is 0.0218. The van der Waals surface area contributed by atoms with Crippen LogP contribution in [0.3, 0.4) is 0 Å². The van der Waals surface area contributed by atoms with E-state index in [1.807, 2.05) is 20.8 Å². The van der Waals surface area contributed by atoms with Crippen molar-refractivity contribution < 1.29 is 14.0 Å². The molecule has 0 aliphatic rings. The third kappa shape index (κ3) is 4.87. The summed E-state index contributed by atoms with van der Waals surface area (Å²) in [7, 11) is 1.32. The normalized spacial score (nSPS) is 10.5. The SMILES string of the molecule is CCCO[SiH](N(C)C(=O)CC)N(C)C(=O)CC. The quantitative estimate of drug-likeness (QED) is 0.638. The fourth-order valence-electron chi connectivity index (χ4n) is 1.45. The van der Waals surface area contributed by atoms with Crippen LogP contribution < -0.4 is 0 Å². The van der Waals surface area contributed by atoms with Gasteiger partial charge in [0.2, 0.25) is 11.8 Å². The Balaban J connectivity index is 4.73. The largest absolute Gasteiger partial charge is 0.406 e. The molecule has 0 N–H and O–H groups in total. The monoisotopic (exact) mass is 260 g/mol. The Morgan fingerprint density at radius 3 is 1.71 bits per heavy atom. The summed E-state index contributed by atoms with van der Waals surface area (Å²) in [5, 5.41) is 0. The Labute approximate surface area is 106 Å². The third-order valence-electron chi connectivity index (χ3n) is 2.53. The summed E-state index contributed by atoms with van der Waals surface area (Å²) in [6.45, 7) is 6.21. The number of nitrogens with zero attached hydrogens (tertiary/aromatic N) is 2. The summed E-state index contributed by atoms with van der Waals surface area (Å²) < 4.78 is 8.94. The van der Waals surface area contributed by atoms with E-state index >= 15 is 0 Å². The Morgan fingerprint density at radius 2 is 1.41 bits per heavy atom. The summed E-state index contributed by atoms with van der Waals surface area (Å²) in [6.07, 6.45) is 1.75. The van der Waals surface area contributed by atoms with Gasteiger partial charge in [0.15, 0.2) is 0 Å². The van der Waals surface area contributed by atoms with E-state index in [4.69, 9.17) is 4.43 Å². The van der Waals surface area contributed by atoms with Gasteiger partial charge in [-0.25, -0.2) is 0 Å². The van der Waals surface area contributed by atoms with E-state index in [1.165, 1.54) is 0 Å². The molecule has 0 heterocycles. The number of carbonyl (C=O) groups is 2. The maximum Gasteiger partial charge on any atom is 0.406 e. The number of hydrogen-bond donors (Lipinski definition) is 0. The van der Waals surface area contributed by atoms with E-state index in [1.54, 1.807) is 23.2 Å². The molecule has 0 rings (SSSR count). The van der Waals surface area contributed by atoms with Crippen molar-refractivity contribution in [3.8, 4) is 0 Å². The smallest absolute Gasteiger partial charge is 0.385 e. The van der Waals surface area contributed by atoms with E-state index in [2.05, 4.69) is 0 Å². The zero-order valence-electron chi connectivity index (χ0n) is 11.5. The number of hydrogen-bond acceptors (Lipinski definition) is 3. The zero-order valence-corrected chi connectivity index (χ0v) is 12.7. The molecule has 0 spiro atoms. The first-order chi connectivity index (χ1) is 7.99. The van der Waals surface area contributed by atoms with E-state index in [-0.39, 0.29) is 11.8 Å². The fraction of sp³-hybridized carbons (Fsp3) is 0.818. The van der Waals surface area contributed by atoms with Crippen molar-refractivity contribution in [1.29, 1.82) is 0 Å². The highest BCUT2D eigenvalue weighted by molar-refractivity contribution is 6.52. The van der Waals surface area contributed by atoms with E-state index in [0.29, 0.717) is 19.4 Å². The van der Waals surface area contributed by atoms with Crippen LogP contribution in [0.15, 0.2) is 0 Å². The summed E-state index contributed by atoms with van der Waals surface area (Å²) in [6, 6.07) is 0. The van der Waals surface area contributed by atoms with Crippen LogP contribution in [0.2, 0.25) is 0 Å². The predicted molar refractivity (Wildman–Crippen MR) is 69.5 cm³/mol. The number of amides is 2. The van der Waals surface area contributed by atoms with Gasteiger partial charge in [-0.2, -0.15) is 0 Å². The maximum absolute atomic E-state index is 11.7. The topological polar surface area (TPSA) is 49.9 Å². The molecule has 0 aromatic rings. The van der Waals surface area contributed by atoms with Crippen LogP contribution in [0, 0.1) is 0 Å². The molecule has 0 aromatic heterocycles. The van der Waals surface area contributed by atoms with E-state index in [9.17, 15) is 9.59 Å². The van der Waals surface area contributed by atoms with Crippen LogP contribution in [0.4, 0.5) is 0 Å². The van der Waals surface area contributed by atoms with Gasteiger partial charge in [-0.05, 0) is 6.42 Å². The minimum atomic E-state index is -2.12. The Morgan fingerprint density at radius 1 is 1.00 bits per heavy atom. The molecule has 0 aliphatic heterocycles. The maximum atomic E-state index is 11.7. The Bertz CT molecular complexity index is 239. The molecule has 0 radical (unpaired) electrons. The first-order valence-corrected chi connectivity index (χ1v) is 7.62. The average Bonchev–Trinajstić information content (AvgIpc) is 2.36. The van der Waals surface area contributed by atoms with Gasteiger partial charge in [-0.15, -0.1) is 0 Å². The summed E-state index contributed by atoms with van der Waals surface area (Å²) in [5.74, 6) is 0.0436. The van der Waals surface area contributed by atoms with Gasteiger partial charge in [0.1, 0.15) is 0 Å². The van der Waals surface area contributed by atoms with Gasteiger partial charge in [0.25, 0.3) is 0 Å². The summed E-state index contributed by atoms with van der Waals surface area (Å²) in [5.41, 5.74) is 0. The molecule has 0 bridgehead atoms. The number of rotatable bonds is 7. The molecule has 0 saturated heterocycles. The highest BCUT2D eigenvalue weighted by Crippen LogP contribution is 2.04. The first-order valence-electron chi connectivity index (χ1n) is 6.12. The molecule has 0 atom stereocenters. The minimum Gasteiger partial charge on any atom is -0.385 e. The molecule has 0 aromatic carbocycles. The molecule has 2 amide bonds. The standard InChI is InChI=1S/C11H24N2O3Si/c1-6-9-16-17(12(4)10(14)7-2)13(5)11(15)8-3/h17H,6-9H2,1-5H3. The third-order valence-corrected chi connectivity index (χ3v) is 4.96. The van der Waals surface area contributed by atoms with Crippen LogP contribution in [0.25, 0.3) is 0 Å². The zero-order chi connectivity index (χ0) is 13.4. The van der Waals surface area contributed by atoms with Crippen molar-refractivity contribution >= 4 is 21.2 Å². The lowest BCUT2D eigenvalue weighted by Gasteiger charge is -2.32. The van der Waals surface area contributed by atoms with Crippen LogP contribution in [0.5, 0.6) is 0 Å². The molecule has 0 fully saturated rings. The Kier molecular flexibility index (Phi) is 7.82. The fourth-order valence-corrected chi connectivity index (χ4v) is 3.72. The molecule has 17 heavy (non-hydrogen) atoms. The van der Waals surface area contributed by atoms with E-state index in [0.717, 1.165) is 6.42 Å². The summed E-state index contributed by atoms with van der Waals surface area (Å²) in [4.78, 5) is 23.3. The second kappa shape index (κ2) is 8.24. The molecule has 100 valence electrons. The van der Waals surface area contributed by atoms with Gasteiger partial charge in [0.05, 0.1) is 0 Å². The molecule has 6 heteroatoms. The van der Waals surface area contributed by atoms with Gasteiger partial charge in [-0.1, -0.05) is 20.8 Å². The second-order valence-corrected chi connectivity index (χ2v) is 6.45. The van der Waals surface area contributed by atoms with Crippen molar-refractivity contribution in [2.24, 2.45) is 0 Å². The van der Waals surface area contributed by atoms with Crippen molar-refractivity contribution in [3.05, 3.63) is 0 Å². The Hall–Kier alpha value is -0.883. The first kappa shape index (κ1) is 16.1. The van der Waals surface area contributed by atoms with Crippen molar-refractivity contribution in [3.63, 3.8) is 0 Å². The van der Waals surface area contributed by atoms with Crippen LogP contribution in [-0.2, 0) is 14.0 Å². The second-order valence-electron chi connectivity index (χ2n) is 3.91.